The summed E-state index contributed by atoms with van der Waals surface area (Å²) in [6, 6.07) is 3.03. The largest absolute Gasteiger partial charge is 0.465 e. The predicted molar refractivity (Wildman–Crippen MR) is 104 cm³/mol. The smallest absolute Gasteiger partial charge is 0.348 e. The molecule has 1 aliphatic carbocycles. The van der Waals surface area contributed by atoms with Gasteiger partial charge in [-0.25, -0.2) is 9.18 Å². The summed E-state index contributed by atoms with van der Waals surface area (Å²) in [6.07, 6.45) is 3.25. The van der Waals surface area contributed by atoms with Gasteiger partial charge in [-0.15, -0.1) is 11.3 Å². The summed E-state index contributed by atoms with van der Waals surface area (Å²) >= 11 is 13.3. The number of hydrogen-bond donors (Lipinski definition) is 0. The monoisotopic (exact) mass is 427 g/mol. The van der Waals surface area contributed by atoms with Crippen LogP contribution in [0.5, 0.6) is 0 Å². The number of methoxy groups -OCH3 is 1. The summed E-state index contributed by atoms with van der Waals surface area (Å²) in [6.45, 7) is 1.86. The van der Waals surface area contributed by atoms with Crippen LogP contribution >= 0.6 is 34.5 Å². The number of fused-ring (bicyclic) bond motifs is 1. The number of halogens is 3. The molecule has 2 heterocycles. The van der Waals surface area contributed by atoms with Crippen LogP contribution in [-0.4, -0.2) is 18.8 Å². The molecule has 4 rings (SSSR count). The number of thiophene rings is 1. The van der Waals surface area contributed by atoms with Crippen molar-refractivity contribution in [1.82, 2.24) is 0 Å². The minimum absolute atomic E-state index is 0.0548. The molecule has 1 aromatic heterocycles. The van der Waals surface area contributed by atoms with Gasteiger partial charge in [-0.3, -0.25) is 0 Å². The van der Waals surface area contributed by atoms with Crippen molar-refractivity contribution in [2.75, 3.05) is 7.11 Å². The summed E-state index contributed by atoms with van der Waals surface area (Å²) in [5.41, 5.74) is 2.83. The molecule has 0 radical (unpaired) electrons. The summed E-state index contributed by atoms with van der Waals surface area (Å²) in [7, 11) is 1.39. The lowest BCUT2D eigenvalue weighted by Gasteiger charge is -2.22. The van der Waals surface area contributed by atoms with E-state index >= 15 is 0 Å². The number of rotatable bonds is 3. The van der Waals surface area contributed by atoms with Crippen molar-refractivity contribution >= 4 is 46.2 Å². The first-order chi connectivity index (χ1) is 12.8. The second-order valence-electron chi connectivity index (χ2n) is 6.85. The molecule has 0 saturated heterocycles. The maximum absolute atomic E-state index is 13.8. The molecule has 0 saturated carbocycles. The standard InChI is InChI=1S/C19H16Cl2FNO3S/c1-19(9-6-12(20)15(22)13(21)7-9)8-14(23-26-19)16-10-4-3-5-11(10)17(27-16)18(24)25-2/h6-7H,3-5,8H2,1-2H3. The fraction of sp³-hybridized carbons (Fsp3) is 0.368. The van der Waals surface area contributed by atoms with Gasteiger partial charge in [-0.05, 0) is 49.4 Å². The lowest BCUT2D eigenvalue weighted by Crippen LogP contribution is -2.22. The molecule has 0 spiro atoms. The van der Waals surface area contributed by atoms with Gasteiger partial charge in [-0.2, -0.15) is 0 Å². The SMILES string of the molecule is COC(=O)c1sc(C2=NOC(C)(c3cc(Cl)c(F)c(Cl)c3)C2)c2c1CCC2. The normalized spacial score (nSPS) is 21.0. The minimum atomic E-state index is -0.808. The maximum Gasteiger partial charge on any atom is 0.348 e. The van der Waals surface area contributed by atoms with Crippen LogP contribution in [0, 0.1) is 5.82 Å². The van der Waals surface area contributed by atoms with Crippen molar-refractivity contribution in [1.29, 1.82) is 0 Å². The van der Waals surface area contributed by atoms with Gasteiger partial charge in [0.25, 0.3) is 0 Å². The topological polar surface area (TPSA) is 47.9 Å². The molecule has 0 N–H and O–H groups in total. The zero-order valence-corrected chi connectivity index (χ0v) is 17.0. The van der Waals surface area contributed by atoms with Crippen molar-refractivity contribution in [3.63, 3.8) is 0 Å². The van der Waals surface area contributed by atoms with Gasteiger partial charge in [0.15, 0.2) is 11.4 Å². The highest BCUT2D eigenvalue weighted by atomic mass is 35.5. The molecule has 1 aliphatic heterocycles. The Morgan fingerprint density at radius 3 is 2.63 bits per heavy atom. The number of carbonyl (C=O) groups excluding carboxylic acids is 1. The number of benzene rings is 1. The molecule has 2 aromatic rings. The molecule has 0 amide bonds. The van der Waals surface area contributed by atoms with Crippen LogP contribution in [0.15, 0.2) is 17.3 Å². The van der Waals surface area contributed by atoms with E-state index in [2.05, 4.69) is 5.16 Å². The highest BCUT2D eigenvalue weighted by Gasteiger charge is 2.40. The number of ether oxygens (including phenoxy) is 1. The van der Waals surface area contributed by atoms with E-state index in [1.165, 1.54) is 30.6 Å². The van der Waals surface area contributed by atoms with E-state index < -0.39 is 11.4 Å². The van der Waals surface area contributed by atoms with Crippen LogP contribution in [0.25, 0.3) is 0 Å². The molecule has 1 atom stereocenters. The lowest BCUT2D eigenvalue weighted by atomic mass is 9.90. The Morgan fingerprint density at radius 2 is 1.96 bits per heavy atom. The number of nitrogens with zero attached hydrogens (tertiary/aromatic N) is 1. The first kappa shape index (κ1) is 18.7. The lowest BCUT2D eigenvalue weighted by molar-refractivity contribution is -0.00742. The molecule has 2 aliphatic rings. The number of oxime groups is 1. The van der Waals surface area contributed by atoms with Crippen molar-refractivity contribution in [2.24, 2.45) is 5.16 Å². The van der Waals surface area contributed by atoms with Crippen LogP contribution in [0.1, 0.15) is 51.0 Å². The molecular formula is C19H16Cl2FNO3S. The van der Waals surface area contributed by atoms with Gasteiger partial charge in [0.05, 0.1) is 22.0 Å². The fourth-order valence-corrected chi connectivity index (χ4v) is 5.42. The van der Waals surface area contributed by atoms with E-state index in [9.17, 15) is 9.18 Å². The van der Waals surface area contributed by atoms with Gasteiger partial charge in [0, 0.05) is 12.0 Å². The van der Waals surface area contributed by atoms with Crippen LogP contribution in [-0.2, 0) is 28.0 Å². The Labute approximate surface area is 169 Å². The molecule has 27 heavy (non-hydrogen) atoms. The third-order valence-electron chi connectivity index (χ3n) is 5.06. The van der Waals surface area contributed by atoms with Crippen molar-refractivity contribution in [3.8, 4) is 0 Å². The molecule has 0 bridgehead atoms. The first-order valence-corrected chi connectivity index (χ1v) is 10.0. The Morgan fingerprint density at radius 1 is 1.30 bits per heavy atom. The zero-order chi connectivity index (χ0) is 19.3. The molecular weight excluding hydrogens is 412 g/mol. The van der Waals surface area contributed by atoms with Gasteiger partial charge in [0.1, 0.15) is 10.6 Å². The molecule has 1 aromatic carbocycles. The second-order valence-corrected chi connectivity index (χ2v) is 8.69. The van der Waals surface area contributed by atoms with E-state index in [0.717, 1.165) is 41.0 Å². The van der Waals surface area contributed by atoms with Gasteiger partial charge in [-0.1, -0.05) is 28.4 Å². The number of carbonyl (C=O) groups is 1. The van der Waals surface area contributed by atoms with Gasteiger partial charge in [0.2, 0.25) is 0 Å². The second kappa shape index (κ2) is 6.76. The van der Waals surface area contributed by atoms with E-state index in [0.29, 0.717) is 16.9 Å². The molecule has 8 heteroatoms. The summed E-state index contributed by atoms with van der Waals surface area (Å²) in [5, 5.41) is 4.18. The highest BCUT2D eigenvalue weighted by Crippen LogP contribution is 2.43. The Kier molecular flexibility index (Phi) is 4.69. The average molecular weight is 428 g/mol. The summed E-state index contributed by atoms with van der Waals surface area (Å²) in [5.74, 6) is -0.965. The fourth-order valence-electron chi connectivity index (χ4n) is 3.64. The third kappa shape index (κ3) is 3.04. The average Bonchev–Trinajstić information content (AvgIpc) is 3.34. The molecule has 142 valence electrons. The van der Waals surface area contributed by atoms with Crippen molar-refractivity contribution in [2.45, 2.75) is 38.2 Å². The van der Waals surface area contributed by atoms with Crippen LogP contribution in [0.4, 0.5) is 4.39 Å². The van der Waals surface area contributed by atoms with E-state index in [-0.39, 0.29) is 16.0 Å². The van der Waals surface area contributed by atoms with Gasteiger partial charge >= 0.3 is 5.97 Å². The van der Waals surface area contributed by atoms with Crippen molar-refractivity contribution < 1.29 is 18.8 Å². The maximum atomic E-state index is 13.8. The van der Waals surface area contributed by atoms with E-state index in [1.807, 2.05) is 6.92 Å². The van der Waals surface area contributed by atoms with Gasteiger partial charge < -0.3 is 9.57 Å². The number of hydrogen-bond acceptors (Lipinski definition) is 5. The first-order valence-electron chi connectivity index (χ1n) is 8.47. The summed E-state index contributed by atoms with van der Waals surface area (Å²) in [4.78, 5) is 19.5. The third-order valence-corrected chi connectivity index (χ3v) is 6.91. The highest BCUT2D eigenvalue weighted by molar-refractivity contribution is 7.16. The minimum Gasteiger partial charge on any atom is -0.465 e. The molecule has 4 nitrogen and oxygen atoms in total. The van der Waals surface area contributed by atoms with Crippen LogP contribution in [0.3, 0.4) is 0 Å². The van der Waals surface area contributed by atoms with Crippen LogP contribution < -0.4 is 0 Å². The number of esters is 1. The van der Waals surface area contributed by atoms with Crippen molar-refractivity contribution in [3.05, 3.63) is 54.4 Å². The van der Waals surface area contributed by atoms with E-state index in [1.54, 1.807) is 0 Å². The predicted octanol–water partition coefficient (Wildman–Crippen LogP) is 5.51. The quantitative estimate of drug-likeness (QED) is 0.479. The Bertz CT molecular complexity index is 965. The van der Waals surface area contributed by atoms with E-state index in [4.69, 9.17) is 32.8 Å². The zero-order valence-electron chi connectivity index (χ0n) is 14.7. The molecule has 1 unspecified atom stereocenters. The Hall–Kier alpha value is -1.63. The molecule has 0 fully saturated rings. The Balaban J connectivity index is 1.68. The summed E-state index contributed by atoms with van der Waals surface area (Å²) < 4.78 is 18.7. The van der Waals surface area contributed by atoms with Crippen LogP contribution in [0.2, 0.25) is 10.0 Å².